The van der Waals surface area contributed by atoms with E-state index in [2.05, 4.69) is 17.1 Å². The van der Waals surface area contributed by atoms with Crippen molar-refractivity contribution in [3.05, 3.63) is 0 Å². The number of likely N-dealkylation sites (N-methyl/N-ethyl adjacent to an activating group) is 1. The standard InChI is InChI=1S/C14H27ClN2O/c1-2-17-7-8-18-13(11-17)10-16-9-12-5-3-4-6-14(12)15/h12-14,16H,2-11H2,1H3. The molecule has 18 heavy (non-hydrogen) atoms. The first-order chi connectivity index (χ1) is 8.79. The van der Waals surface area contributed by atoms with E-state index in [4.69, 9.17) is 16.3 Å². The van der Waals surface area contributed by atoms with Crippen molar-refractivity contribution in [1.29, 1.82) is 0 Å². The van der Waals surface area contributed by atoms with E-state index in [0.29, 0.717) is 17.4 Å². The van der Waals surface area contributed by atoms with Crippen LogP contribution in [-0.4, -0.2) is 55.7 Å². The molecule has 106 valence electrons. The summed E-state index contributed by atoms with van der Waals surface area (Å²) in [5.74, 6) is 0.659. The van der Waals surface area contributed by atoms with E-state index < -0.39 is 0 Å². The fraction of sp³-hybridized carbons (Fsp3) is 1.00. The third-order valence-electron chi connectivity index (χ3n) is 4.26. The fourth-order valence-electron chi connectivity index (χ4n) is 3.01. The molecule has 0 aromatic rings. The number of halogens is 1. The molecule has 1 heterocycles. The predicted molar refractivity (Wildman–Crippen MR) is 76.3 cm³/mol. The van der Waals surface area contributed by atoms with E-state index >= 15 is 0 Å². The lowest BCUT2D eigenvalue weighted by Crippen LogP contribution is -2.47. The maximum absolute atomic E-state index is 6.37. The van der Waals surface area contributed by atoms with Crippen molar-refractivity contribution >= 4 is 11.6 Å². The van der Waals surface area contributed by atoms with Gasteiger partial charge in [-0.05, 0) is 31.8 Å². The Labute approximate surface area is 116 Å². The molecule has 0 bridgehead atoms. The highest BCUT2D eigenvalue weighted by Crippen LogP contribution is 2.27. The molecule has 3 nitrogen and oxygen atoms in total. The maximum atomic E-state index is 6.37. The molecule has 3 atom stereocenters. The molecule has 1 aliphatic heterocycles. The Bertz CT molecular complexity index is 240. The van der Waals surface area contributed by atoms with Gasteiger partial charge in [-0.25, -0.2) is 0 Å². The van der Waals surface area contributed by atoms with Crippen LogP contribution in [0.3, 0.4) is 0 Å². The summed E-state index contributed by atoms with van der Waals surface area (Å²) < 4.78 is 5.79. The number of morpholine rings is 1. The van der Waals surface area contributed by atoms with Crippen molar-refractivity contribution in [2.24, 2.45) is 5.92 Å². The molecule has 0 amide bonds. The average molecular weight is 275 g/mol. The Hall–Kier alpha value is 0.170. The van der Waals surface area contributed by atoms with Gasteiger partial charge in [-0.3, -0.25) is 4.90 Å². The van der Waals surface area contributed by atoms with Crippen molar-refractivity contribution in [3.63, 3.8) is 0 Å². The number of alkyl halides is 1. The molecule has 2 rings (SSSR count). The molecule has 1 N–H and O–H groups in total. The van der Waals surface area contributed by atoms with Crippen molar-refractivity contribution < 1.29 is 4.74 Å². The van der Waals surface area contributed by atoms with E-state index in [0.717, 1.165) is 39.3 Å². The van der Waals surface area contributed by atoms with E-state index in [1.54, 1.807) is 0 Å². The Kier molecular flexibility index (Phi) is 6.22. The van der Waals surface area contributed by atoms with Gasteiger partial charge in [-0.15, -0.1) is 11.6 Å². The van der Waals surface area contributed by atoms with Gasteiger partial charge in [0, 0.05) is 25.0 Å². The number of nitrogens with zero attached hydrogens (tertiary/aromatic N) is 1. The van der Waals surface area contributed by atoms with Crippen LogP contribution in [0, 0.1) is 5.92 Å². The molecule has 0 radical (unpaired) electrons. The zero-order valence-corrected chi connectivity index (χ0v) is 12.3. The van der Waals surface area contributed by atoms with Crippen LogP contribution in [0.1, 0.15) is 32.6 Å². The normalized spacial score (nSPS) is 34.7. The van der Waals surface area contributed by atoms with Crippen molar-refractivity contribution in [2.45, 2.75) is 44.1 Å². The lowest BCUT2D eigenvalue weighted by molar-refractivity contribution is -0.0256. The highest BCUT2D eigenvalue weighted by molar-refractivity contribution is 6.20. The minimum atomic E-state index is 0.357. The summed E-state index contributed by atoms with van der Waals surface area (Å²) >= 11 is 6.37. The Morgan fingerprint density at radius 1 is 1.28 bits per heavy atom. The van der Waals surface area contributed by atoms with Gasteiger partial charge in [0.05, 0.1) is 12.7 Å². The highest BCUT2D eigenvalue weighted by Gasteiger charge is 2.24. The molecule has 1 saturated heterocycles. The van der Waals surface area contributed by atoms with Crippen LogP contribution in [-0.2, 0) is 4.74 Å². The molecule has 1 aliphatic carbocycles. The summed E-state index contributed by atoms with van der Waals surface area (Å²) in [6.45, 7) is 8.40. The smallest absolute Gasteiger partial charge is 0.0826 e. The number of rotatable bonds is 5. The SMILES string of the molecule is CCN1CCOC(CNCC2CCCCC2Cl)C1. The summed E-state index contributed by atoms with van der Waals surface area (Å²) in [6.07, 6.45) is 5.49. The molecular weight excluding hydrogens is 248 g/mol. The lowest BCUT2D eigenvalue weighted by Gasteiger charge is -2.33. The van der Waals surface area contributed by atoms with Crippen LogP contribution in [0.2, 0.25) is 0 Å². The molecule has 0 aromatic carbocycles. The van der Waals surface area contributed by atoms with Crippen LogP contribution in [0.4, 0.5) is 0 Å². The van der Waals surface area contributed by atoms with Crippen LogP contribution >= 0.6 is 11.6 Å². The van der Waals surface area contributed by atoms with Crippen LogP contribution in [0.15, 0.2) is 0 Å². The number of hydrogen-bond acceptors (Lipinski definition) is 3. The van der Waals surface area contributed by atoms with Crippen LogP contribution in [0.5, 0.6) is 0 Å². The van der Waals surface area contributed by atoms with E-state index in [1.807, 2.05) is 0 Å². The molecule has 0 spiro atoms. The third kappa shape index (κ3) is 4.37. The second kappa shape index (κ2) is 7.68. The molecular formula is C14H27ClN2O. The molecule has 2 aliphatic rings. The molecule has 2 fully saturated rings. The van der Waals surface area contributed by atoms with Gasteiger partial charge in [0.25, 0.3) is 0 Å². The fourth-order valence-corrected chi connectivity index (χ4v) is 3.38. The summed E-state index contributed by atoms with van der Waals surface area (Å²) in [6, 6.07) is 0. The lowest BCUT2D eigenvalue weighted by atomic mass is 9.89. The maximum Gasteiger partial charge on any atom is 0.0826 e. The first-order valence-electron chi connectivity index (χ1n) is 7.48. The summed E-state index contributed by atoms with van der Waals surface area (Å²) in [5, 5.41) is 3.94. The third-order valence-corrected chi connectivity index (χ3v) is 4.84. The summed E-state index contributed by atoms with van der Waals surface area (Å²) in [4.78, 5) is 2.46. The van der Waals surface area contributed by atoms with Crippen molar-refractivity contribution in [1.82, 2.24) is 10.2 Å². The van der Waals surface area contributed by atoms with Gasteiger partial charge in [0.2, 0.25) is 0 Å². The van der Waals surface area contributed by atoms with Crippen molar-refractivity contribution in [2.75, 3.05) is 39.3 Å². The number of nitrogens with one attached hydrogen (secondary N) is 1. The molecule has 3 unspecified atom stereocenters. The minimum Gasteiger partial charge on any atom is -0.374 e. The second-order valence-electron chi connectivity index (χ2n) is 5.60. The van der Waals surface area contributed by atoms with Gasteiger partial charge in [0.15, 0.2) is 0 Å². The van der Waals surface area contributed by atoms with Gasteiger partial charge in [-0.1, -0.05) is 19.8 Å². The zero-order valence-electron chi connectivity index (χ0n) is 11.5. The monoisotopic (exact) mass is 274 g/mol. The largest absolute Gasteiger partial charge is 0.374 e. The topological polar surface area (TPSA) is 24.5 Å². The van der Waals surface area contributed by atoms with Gasteiger partial charge in [0.1, 0.15) is 0 Å². The minimum absolute atomic E-state index is 0.357. The first-order valence-corrected chi connectivity index (χ1v) is 7.92. The Morgan fingerprint density at radius 2 is 2.11 bits per heavy atom. The Morgan fingerprint density at radius 3 is 2.89 bits per heavy atom. The number of hydrogen-bond donors (Lipinski definition) is 1. The van der Waals surface area contributed by atoms with E-state index in [9.17, 15) is 0 Å². The number of ether oxygens (including phenoxy) is 1. The molecule has 4 heteroatoms. The zero-order chi connectivity index (χ0) is 12.8. The van der Waals surface area contributed by atoms with E-state index in [-0.39, 0.29) is 0 Å². The van der Waals surface area contributed by atoms with Gasteiger partial charge < -0.3 is 10.1 Å². The summed E-state index contributed by atoms with van der Waals surface area (Å²) in [7, 11) is 0. The quantitative estimate of drug-likeness (QED) is 0.777. The second-order valence-corrected chi connectivity index (χ2v) is 6.17. The van der Waals surface area contributed by atoms with Crippen molar-refractivity contribution in [3.8, 4) is 0 Å². The van der Waals surface area contributed by atoms with Gasteiger partial charge in [-0.2, -0.15) is 0 Å². The van der Waals surface area contributed by atoms with Gasteiger partial charge >= 0.3 is 0 Å². The summed E-state index contributed by atoms with van der Waals surface area (Å²) in [5.41, 5.74) is 0. The van der Waals surface area contributed by atoms with E-state index in [1.165, 1.54) is 25.7 Å². The molecule has 0 aromatic heterocycles. The van der Waals surface area contributed by atoms with Crippen LogP contribution in [0.25, 0.3) is 0 Å². The Balaban J connectivity index is 1.62. The average Bonchev–Trinajstić information content (AvgIpc) is 2.41. The first kappa shape index (κ1) is 14.6. The molecule has 1 saturated carbocycles. The highest BCUT2D eigenvalue weighted by atomic mass is 35.5. The van der Waals surface area contributed by atoms with Crippen LogP contribution < -0.4 is 5.32 Å². The predicted octanol–water partition coefficient (Wildman–Crippen LogP) is 2.09.